The normalized spacial score (nSPS) is 20.8. The van der Waals surface area contributed by atoms with Gasteiger partial charge >= 0.3 is 0 Å². The first-order chi connectivity index (χ1) is 9.37. The third-order valence-corrected chi connectivity index (χ3v) is 14.2. The van der Waals surface area contributed by atoms with Crippen molar-refractivity contribution in [3.63, 3.8) is 0 Å². The van der Waals surface area contributed by atoms with Gasteiger partial charge in [-0.2, -0.15) is 0 Å². The van der Waals surface area contributed by atoms with Crippen LogP contribution in [0, 0.1) is 0 Å². The molecule has 1 aliphatic heterocycles. The lowest BCUT2D eigenvalue weighted by molar-refractivity contribution is 0.284. The van der Waals surface area contributed by atoms with Gasteiger partial charge in [-0.05, 0) is 30.0 Å². The molecule has 2 rings (SSSR count). The molecule has 21 heavy (non-hydrogen) atoms. The van der Waals surface area contributed by atoms with Gasteiger partial charge < -0.3 is 0 Å². The SMILES string of the molecule is CC1c2c(csc2S(=O)(=O)N[Si](C)(C)C(C)(C)C)CN1C. The summed E-state index contributed by atoms with van der Waals surface area (Å²) in [6.07, 6.45) is 0. The van der Waals surface area contributed by atoms with Gasteiger partial charge in [-0.3, -0.25) is 4.90 Å². The Morgan fingerprint density at radius 3 is 2.48 bits per heavy atom. The maximum Gasteiger partial charge on any atom is 0.244 e. The quantitative estimate of drug-likeness (QED) is 0.852. The van der Waals surface area contributed by atoms with Crippen LogP contribution in [-0.2, 0) is 16.6 Å². The molecule has 0 spiro atoms. The fourth-order valence-electron chi connectivity index (χ4n) is 2.31. The Labute approximate surface area is 133 Å². The molecule has 1 aliphatic rings. The Bertz CT molecular complexity index is 644. The molecule has 1 N–H and O–H groups in total. The van der Waals surface area contributed by atoms with E-state index in [-0.39, 0.29) is 11.1 Å². The fourth-order valence-corrected chi connectivity index (χ4v) is 9.09. The molecule has 0 aromatic carbocycles. The molecule has 1 atom stereocenters. The maximum absolute atomic E-state index is 12.9. The van der Waals surface area contributed by atoms with E-state index in [4.69, 9.17) is 0 Å². The fraction of sp³-hybridized carbons (Fsp3) is 0.714. The van der Waals surface area contributed by atoms with Gasteiger partial charge in [0.15, 0.2) is 0 Å². The Balaban J connectivity index is 2.40. The molecule has 1 aromatic heterocycles. The third kappa shape index (κ3) is 2.99. The maximum atomic E-state index is 12.9. The monoisotopic (exact) mass is 346 g/mol. The molecular formula is C14H26N2O2S2Si. The molecule has 7 heteroatoms. The van der Waals surface area contributed by atoms with Gasteiger partial charge in [0.1, 0.15) is 12.4 Å². The van der Waals surface area contributed by atoms with E-state index in [2.05, 4.69) is 50.1 Å². The lowest BCUT2D eigenvalue weighted by Crippen LogP contribution is -2.54. The molecule has 0 radical (unpaired) electrons. The van der Waals surface area contributed by atoms with Gasteiger partial charge in [0.2, 0.25) is 10.0 Å². The largest absolute Gasteiger partial charge is 0.295 e. The minimum atomic E-state index is -3.44. The van der Waals surface area contributed by atoms with Crippen molar-refractivity contribution in [3.8, 4) is 0 Å². The van der Waals surface area contributed by atoms with Crippen LogP contribution in [0.25, 0.3) is 0 Å². The minimum absolute atomic E-state index is 0.0249. The van der Waals surface area contributed by atoms with Crippen LogP contribution in [-0.4, -0.2) is 28.6 Å². The molecule has 0 saturated carbocycles. The number of rotatable bonds is 3. The molecule has 0 aliphatic carbocycles. The van der Waals surface area contributed by atoms with E-state index in [0.29, 0.717) is 4.21 Å². The molecular weight excluding hydrogens is 320 g/mol. The van der Waals surface area contributed by atoms with Gasteiger partial charge in [0, 0.05) is 18.2 Å². The van der Waals surface area contributed by atoms with Crippen molar-refractivity contribution in [2.24, 2.45) is 0 Å². The molecule has 1 aromatic rings. The van der Waals surface area contributed by atoms with Crippen molar-refractivity contribution < 1.29 is 8.42 Å². The van der Waals surface area contributed by atoms with Gasteiger partial charge in [0.25, 0.3) is 0 Å². The minimum Gasteiger partial charge on any atom is -0.295 e. The first-order valence-corrected chi connectivity index (χ1v) is 12.6. The highest BCUT2D eigenvalue weighted by Crippen LogP contribution is 2.42. The molecule has 0 amide bonds. The van der Waals surface area contributed by atoms with Gasteiger partial charge in [-0.25, -0.2) is 12.8 Å². The standard InChI is InChI=1S/C14H26N2O2S2Si/c1-10-12-11(8-16(10)5)9-19-13(12)20(17,18)15-21(6,7)14(2,3)4/h9-10,15H,8H2,1-7H3. The smallest absolute Gasteiger partial charge is 0.244 e. The van der Waals surface area contributed by atoms with Gasteiger partial charge in [0.05, 0.1) is 0 Å². The molecule has 1 unspecified atom stereocenters. The molecule has 2 heterocycles. The van der Waals surface area contributed by atoms with Crippen LogP contribution in [0.4, 0.5) is 0 Å². The second-order valence-corrected chi connectivity index (χ2v) is 15.7. The second kappa shape index (κ2) is 5.16. The summed E-state index contributed by atoms with van der Waals surface area (Å²) in [7, 11) is -3.51. The van der Waals surface area contributed by atoms with Crippen LogP contribution < -0.4 is 4.39 Å². The van der Waals surface area contributed by atoms with E-state index in [9.17, 15) is 8.42 Å². The van der Waals surface area contributed by atoms with E-state index in [1.54, 1.807) is 0 Å². The summed E-state index contributed by atoms with van der Waals surface area (Å²) in [5, 5.41) is 1.97. The summed E-state index contributed by atoms with van der Waals surface area (Å²) in [5.41, 5.74) is 2.15. The average Bonchev–Trinajstić information content (AvgIpc) is 2.78. The van der Waals surface area contributed by atoms with Crippen LogP contribution in [0.5, 0.6) is 0 Å². The molecule has 4 nitrogen and oxygen atoms in total. The van der Waals surface area contributed by atoms with E-state index in [1.807, 2.05) is 12.4 Å². The predicted molar refractivity (Wildman–Crippen MR) is 91.7 cm³/mol. The van der Waals surface area contributed by atoms with Crippen LogP contribution >= 0.6 is 11.3 Å². The third-order valence-electron chi connectivity index (χ3n) is 4.88. The zero-order chi connectivity index (χ0) is 16.2. The Hall–Kier alpha value is -0.213. The highest BCUT2D eigenvalue weighted by Gasteiger charge is 2.41. The van der Waals surface area contributed by atoms with E-state index in [0.717, 1.165) is 17.7 Å². The number of hydrogen-bond donors (Lipinski definition) is 1. The van der Waals surface area contributed by atoms with Crippen molar-refractivity contribution >= 4 is 29.6 Å². The van der Waals surface area contributed by atoms with Gasteiger partial charge in [-0.15, -0.1) is 11.3 Å². The number of nitrogens with one attached hydrogen (secondary N) is 1. The van der Waals surface area contributed by atoms with E-state index < -0.39 is 18.3 Å². The summed E-state index contributed by atoms with van der Waals surface area (Å²) in [6.45, 7) is 13.4. The van der Waals surface area contributed by atoms with Crippen LogP contribution in [0.1, 0.15) is 44.9 Å². The first kappa shape index (κ1) is 17.1. The summed E-state index contributed by atoms with van der Waals surface area (Å²) < 4.78 is 29.3. The van der Waals surface area contributed by atoms with Crippen LogP contribution in [0.3, 0.4) is 0 Å². The molecule has 0 bridgehead atoms. The van der Waals surface area contributed by atoms with Crippen molar-refractivity contribution in [2.75, 3.05) is 7.05 Å². The lowest BCUT2D eigenvalue weighted by atomic mass is 10.1. The van der Waals surface area contributed by atoms with Crippen molar-refractivity contribution in [3.05, 3.63) is 16.5 Å². The Morgan fingerprint density at radius 2 is 1.95 bits per heavy atom. The Kier molecular flexibility index (Phi) is 4.21. The lowest BCUT2D eigenvalue weighted by Gasteiger charge is -2.36. The number of thiophene rings is 1. The highest BCUT2D eigenvalue weighted by atomic mass is 32.2. The van der Waals surface area contributed by atoms with Crippen LogP contribution in [0.15, 0.2) is 9.59 Å². The number of fused-ring (bicyclic) bond motifs is 1. The molecule has 0 fully saturated rings. The average molecular weight is 347 g/mol. The Morgan fingerprint density at radius 1 is 1.38 bits per heavy atom. The highest BCUT2D eigenvalue weighted by molar-refractivity contribution is 7.93. The summed E-state index contributed by atoms with van der Waals surface area (Å²) in [5.74, 6) is 0. The van der Waals surface area contributed by atoms with E-state index in [1.165, 1.54) is 11.3 Å². The molecule has 120 valence electrons. The summed E-state index contributed by atoms with van der Waals surface area (Å²) in [4.78, 5) is 2.18. The number of nitrogens with zero attached hydrogens (tertiary/aromatic N) is 1. The van der Waals surface area contributed by atoms with Crippen molar-refractivity contribution in [2.45, 2.75) is 62.6 Å². The zero-order valence-electron chi connectivity index (χ0n) is 13.9. The van der Waals surface area contributed by atoms with Gasteiger partial charge in [-0.1, -0.05) is 33.9 Å². The van der Waals surface area contributed by atoms with Crippen LogP contribution in [0.2, 0.25) is 18.1 Å². The summed E-state index contributed by atoms with van der Waals surface area (Å²) >= 11 is 1.36. The van der Waals surface area contributed by atoms with E-state index >= 15 is 0 Å². The number of hydrogen-bond acceptors (Lipinski definition) is 4. The first-order valence-electron chi connectivity index (χ1n) is 7.21. The van der Waals surface area contributed by atoms with Crippen molar-refractivity contribution in [1.82, 2.24) is 9.29 Å². The topological polar surface area (TPSA) is 49.4 Å². The predicted octanol–water partition coefficient (Wildman–Crippen LogP) is 3.54. The summed E-state index contributed by atoms with van der Waals surface area (Å²) in [6, 6.07) is 0.164. The zero-order valence-corrected chi connectivity index (χ0v) is 16.6. The number of sulfonamides is 1. The molecule has 0 saturated heterocycles. The van der Waals surface area contributed by atoms with Crippen molar-refractivity contribution in [1.29, 1.82) is 0 Å². The second-order valence-electron chi connectivity index (χ2n) is 7.53.